The number of carboxylic acids is 1. The predicted molar refractivity (Wildman–Crippen MR) is 125 cm³/mol. The molecule has 0 atom stereocenters. The van der Waals surface area contributed by atoms with Crippen LogP contribution < -0.4 is 10.1 Å². The second kappa shape index (κ2) is 9.09. The third kappa shape index (κ3) is 4.49. The van der Waals surface area contributed by atoms with Crippen molar-refractivity contribution in [3.63, 3.8) is 0 Å². The van der Waals surface area contributed by atoms with Crippen molar-refractivity contribution < 1.29 is 19.4 Å². The standard InChI is InChI=1S/C19H11Cl3INO4S/c1-28-16-14(21)10(6-11(20)15(16)22)18(25)24-12-7-29-17(13(12)19(26)27)8-3-2-4-9(23)5-8/h2-7H,1H3,(H,24,25)(H,26,27). The first kappa shape index (κ1) is 22.2. The van der Waals surface area contributed by atoms with Crippen molar-refractivity contribution in [3.05, 3.63) is 65.5 Å². The summed E-state index contributed by atoms with van der Waals surface area (Å²) >= 11 is 21.7. The maximum Gasteiger partial charge on any atom is 0.339 e. The fraction of sp³-hybridized carbons (Fsp3) is 0.0526. The smallest absolute Gasteiger partial charge is 0.339 e. The Labute approximate surface area is 198 Å². The minimum Gasteiger partial charge on any atom is -0.494 e. The molecule has 0 aliphatic rings. The molecule has 0 fully saturated rings. The van der Waals surface area contributed by atoms with E-state index in [1.807, 2.05) is 24.3 Å². The van der Waals surface area contributed by atoms with Crippen LogP contribution in [-0.4, -0.2) is 24.1 Å². The summed E-state index contributed by atoms with van der Waals surface area (Å²) in [7, 11) is 1.35. The number of carbonyl (C=O) groups is 2. The molecule has 2 aromatic carbocycles. The van der Waals surface area contributed by atoms with Crippen molar-refractivity contribution in [3.8, 4) is 16.2 Å². The van der Waals surface area contributed by atoms with Gasteiger partial charge < -0.3 is 15.2 Å². The van der Waals surface area contributed by atoms with E-state index in [1.165, 1.54) is 24.5 Å². The number of rotatable bonds is 5. The number of halogens is 4. The van der Waals surface area contributed by atoms with Crippen LogP contribution in [0.2, 0.25) is 15.1 Å². The van der Waals surface area contributed by atoms with Gasteiger partial charge >= 0.3 is 5.97 Å². The van der Waals surface area contributed by atoms with E-state index < -0.39 is 11.9 Å². The van der Waals surface area contributed by atoms with Gasteiger partial charge in [-0.2, -0.15) is 0 Å². The van der Waals surface area contributed by atoms with Crippen LogP contribution >= 0.6 is 68.7 Å². The van der Waals surface area contributed by atoms with Gasteiger partial charge in [-0.25, -0.2) is 4.79 Å². The number of nitrogens with one attached hydrogen (secondary N) is 1. The fourth-order valence-electron chi connectivity index (χ4n) is 2.62. The second-order valence-corrected chi connectivity index (χ2v) is 8.98. The summed E-state index contributed by atoms with van der Waals surface area (Å²) < 4.78 is 6.07. The molecule has 10 heteroatoms. The van der Waals surface area contributed by atoms with Crippen LogP contribution in [0.1, 0.15) is 20.7 Å². The second-order valence-electron chi connectivity index (χ2n) is 5.69. The Morgan fingerprint density at radius 3 is 2.52 bits per heavy atom. The summed E-state index contributed by atoms with van der Waals surface area (Å²) in [4.78, 5) is 25.2. The number of methoxy groups -OCH3 is 1. The number of hydrogen-bond donors (Lipinski definition) is 2. The van der Waals surface area contributed by atoms with Crippen LogP contribution in [0, 0.1) is 3.57 Å². The third-order valence-corrected chi connectivity index (χ3v) is 6.75. The molecule has 0 saturated carbocycles. The molecule has 29 heavy (non-hydrogen) atoms. The van der Waals surface area contributed by atoms with Crippen LogP contribution in [-0.2, 0) is 0 Å². The molecule has 2 N–H and O–H groups in total. The zero-order valence-corrected chi connectivity index (χ0v) is 19.8. The van der Waals surface area contributed by atoms with Gasteiger partial charge in [-0.3, -0.25) is 4.79 Å². The third-order valence-electron chi connectivity index (χ3n) is 3.90. The predicted octanol–water partition coefficient (Wildman–Crippen LogP) is 6.94. The van der Waals surface area contributed by atoms with Crippen molar-refractivity contribution in [2.75, 3.05) is 12.4 Å². The van der Waals surface area contributed by atoms with Gasteiger partial charge in [0.25, 0.3) is 5.91 Å². The highest BCUT2D eigenvalue weighted by Crippen LogP contribution is 2.41. The summed E-state index contributed by atoms with van der Waals surface area (Å²) in [6.07, 6.45) is 0. The molecule has 5 nitrogen and oxygen atoms in total. The first-order valence-corrected chi connectivity index (χ1v) is 11.0. The number of anilines is 1. The van der Waals surface area contributed by atoms with Crippen molar-refractivity contribution in [1.82, 2.24) is 0 Å². The van der Waals surface area contributed by atoms with Crippen molar-refractivity contribution in [2.24, 2.45) is 0 Å². The quantitative estimate of drug-likeness (QED) is 0.253. The Bertz CT molecular complexity index is 1130. The van der Waals surface area contributed by atoms with E-state index in [0.29, 0.717) is 4.88 Å². The summed E-state index contributed by atoms with van der Waals surface area (Å²) in [6.45, 7) is 0. The topological polar surface area (TPSA) is 75.6 Å². The number of amides is 1. The van der Waals surface area contributed by atoms with Crippen LogP contribution in [0.15, 0.2) is 35.7 Å². The summed E-state index contributed by atoms with van der Waals surface area (Å²) in [6, 6.07) is 8.72. The average molecular weight is 583 g/mol. The number of benzene rings is 2. The van der Waals surface area contributed by atoms with Gasteiger partial charge in [0.05, 0.1) is 33.3 Å². The van der Waals surface area contributed by atoms with Gasteiger partial charge in [-0.05, 0) is 46.4 Å². The van der Waals surface area contributed by atoms with Gasteiger partial charge in [0.2, 0.25) is 0 Å². The molecule has 1 aromatic heterocycles. The monoisotopic (exact) mass is 581 g/mol. The highest BCUT2D eigenvalue weighted by atomic mass is 127. The minimum atomic E-state index is -1.16. The number of ether oxygens (including phenoxy) is 1. The molecular weight excluding hydrogens is 572 g/mol. The van der Waals surface area contributed by atoms with Crippen molar-refractivity contribution in [1.29, 1.82) is 0 Å². The van der Waals surface area contributed by atoms with Crippen LogP contribution in [0.5, 0.6) is 5.75 Å². The lowest BCUT2D eigenvalue weighted by Crippen LogP contribution is -2.15. The molecule has 1 amide bonds. The normalized spacial score (nSPS) is 10.7. The Morgan fingerprint density at radius 2 is 1.90 bits per heavy atom. The SMILES string of the molecule is COc1c(Cl)c(Cl)cc(C(=O)Nc2csc(-c3cccc(I)c3)c2C(=O)O)c1Cl. The highest BCUT2D eigenvalue weighted by Gasteiger charge is 2.24. The van der Waals surface area contributed by atoms with Crippen LogP contribution in [0.4, 0.5) is 5.69 Å². The van der Waals surface area contributed by atoms with E-state index in [2.05, 4.69) is 27.9 Å². The van der Waals surface area contributed by atoms with E-state index in [9.17, 15) is 14.7 Å². The molecular formula is C19H11Cl3INO4S. The first-order chi connectivity index (χ1) is 13.7. The van der Waals surface area contributed by atoms with Gasteiger partial charge in [0.15, 0.2) is 5.75 Å². The highest BCUT2D eigenvalue weighted by molar-refractivity contribution is 14.1. The Kier molecular flexibility index (Phi) is 6.95. The minimum absolute atomic E-state index is 0.00602. The van der Waals surface area contributed by atoms with Crippen LogP contribution in [0.25, 0.3) is 10.4 Å². The molecule has 0 aliphatic carbocycles. The number of carbonyl (C=O) groups excluding carboxylic acids is 1. The number of aromatic carboxylic acids is 1. The molecule has 0 saturated heterocycles. The largest absolute Gasteiger partial charge is 0.494 e. The number of carboxylic acid groups (broad SMARTS) is 1. The van der Waals surface area contributed by atoms with Gasteiger partial charge in [-0.15, -0.1) is 11.3 Å². The van der Waals surface area contributed by atoms with Gasteiger partial charge in [0.1, 0.15) is 10.6 Å². The molecule has 0 unspecified atom stereocenters. The van der Waals surface area contributed by atoms with Gasteiger partial charge in [-0.1, -0.05) is 46.9 Å². The molecule has 0 aliphatic heterocycles. The summed E-state index contributed by atoms with van der Waals surface area (Å²) in [5.74, 6) is -1.73. The van der Waals surface area contributed by atoms with Crippen LogP contribution in [0.3, 0.4) is 0 Å². The van der Waals surface area contributed by atoms with E-state index in [0.717, 1.165) is 9.13 Å². The molecule has 0 radical (unpaired) electrons. The Balaban J connectivity index is 2.03. The zero-order valence-electron chi connectivity index (χ0n) is 14.6. The average Bonchev–Trinajstić information content (AvgIpc) is 3.09. The molecule has 3 rings (SSSR count). The molecule has 3 aromatic rings. The Hall–Kier alpha value is -1.52. The van der Waals surface area contributed by atoms with Crippen molar-refractivity contribution in [2.45, 2.75) is 0 Å². The number of hydrogen-bond acceptors (Lipinski definition) is 4. The number of thiophene rings is 1. The first-order valence-electron chi connectivity index (χ1n) is 7.88. The van der Waals surface area contributed by atoms with E-state index in [1.54, 1.807) is 5.38 Å². The summed E-state index contributed by atoms with van der Waals surface area (Å²) in [5.41, 5.74) is 0.904. The van der Waals surface area contributed by atoms with E-state index >= 15 is 0 Å². The molecule has 150 valence electrons. The van der Waals surface area contributed by atoms with Gasteiger partial charge in [0, 0.05) is 8.95 Å². The summed E-state index contributed by atoms with van der Waals surface area (Å²) in [5, 5.41) is 14.0. The molecule has 1 heterocycles. The lowest BCUT2D eigenvalue weighted by atomic mass is 10.1. The lowest BCUT2D eigenvalue weighted by Gasteiger charge is -2.12. The Morgan fingerprint density at radius 1 is 1.17 bits per heavy atom. The maximum absolute atomic E-state index is 12.8. The lowest BCUT2D eigenvalue weighted by molar-refractivity contribution is 0.0699. The van der Waals surface area contributed by atoms with E-state index in [4.69, 9.17) is 39.5 Å². The van der Waals surface area contributed by atoms with E-state index in [-0.39, 0.29) is 37.6 Å². The maximum atomic E-state index is 12.8. The fourth-order valence-corrected chi connectivity index (χ4v) is 4.93. The molecule has 0 spiro atoms. The molecule has 0 bridgehead atoms. The zero-order chi connectivity index (χ0) is 21.3. The van der Waals surface area contributed by atoms with Crippen molar-refractivity contribution >= 4 is 86.3 Å².